The van der Waals surface area contributed by atoms with Crippen LogP contribution in [0.25, 0.3) is 0 Å². The van der Waals surface area contributed by atoms with Crippen LogP contribution in [-0.4, -0.2) is 12.1 Å². The smallest absolute Gasteiger partial charge is 0.283 e. The van der Waals surface area contributed by atoms with Crippen molar-refractivity contribution in [2.45, 2.75) is 19.1 Å². The molecule has 0 radical (unpaired) electrons. The molecule has 0 saturated heterocycles. The van der Waals surface area contributed by atoms with Gasteiger partial charge < -0.3 is 10.5 Å². The van der Waals surface area contributed by atoms with E-state index in [2.05, 4.69) is 4.99 Å². The Bertz CT molecular complexity index is 321. The summed E-state index contributed by atoms with van der Waals surface area (Å²) in [5.41, 5.74) is 6.63. The summed E-state index contributed by atoms with van der Waals surface area (Å²) in [4.78, 5) is 4.21. The van der Waals surface area contributed by atoms with Crippen molar-refractivity contribution in [3.8, 4) is 0 Å². The summed E-state index contributed by atoms with van der Waals surface area (Å²) >= 11 is 0. The van der Waals surface area contributed by atoms with Crippen LogP contribution in [0.1, 0.15) is 18.5 Å². The molecule has 0 aromatic heterocycles. The fraction of sp³-hybridized carbons (Fsp3) is 0.300. The Morgan fingerprint density at radius 2 is 2.00 bits per heavy atom. The second-order valence-electron chi connectivity index (χ2n) is 3.15. The van der Waals surface area contributed by atoms with Gasteiger partial charge in [-0.25, -0.2) is 4.99 Å². The molecule has 0 saturated carbocycles. The third-order valence-electron chi connectivity index (χ3n) is 2.16. The van der Waals surface area contributed by atoms with Crippen molar-refractivity contribution in [3.05, 3.63) is 35.9 Å². The van der Waals surface area contributed by atoms with E-state index in [-0.39, 0.29) is 12.1 Å². The molecule has 3 heteroatoms. The number of nitrogens with zero attached hydrogens (tertiary/aromatic N) is 1. The van der Waals surface area contributed by atoms with E-state index in [0.29, 0.717) is 6.02 Å². The zero-order valence-electron chi connectivity index (χ0n) is 7.47. The molecule has 2 rings (SSSR count). The molecule has 1 heterocycles. The highest BCUT2D eigenvalue weighted by Gasteiger charge is 2.26. The number of rotatable bonds is 1. The van der Waals surface area contributed by atoms with Gasteiger partial charge in [0.1, 0.15) is 12.1 Å². The first kappa shape index (κ1) is 8.10. The molecule has 2 N–H and O–H groups in total. The van der Waals surface area contributed by atoms with E-state index in [1.807, 2.05) is 37.3 Å². The fourth-order valence-corrected chi connectivity index (χ4v) is 1.52. The molecule has 13 heavy (non-hydrogen) atoms. The minimum Gasteiger partial charge on any atom is -0.460 e. The van der Waals surface area contributed by atoms with Gasteiger partial charge in [0.05, 0.1) is 0 Å². The molecule has 0 aliphatic carbocycles. The minimum absolute atomic E-state index is 0.0439. The molecule has 0 amide bonds. The number of ether oxygens (including phenoxy) is 1. The van der Waals surface area contributed by atoms with Crippen molar-refractivity contribution in [1.29, 1.82) is 0 Å². The van der Waals surface area contributed by atoms with Gasteiger partial charge in [0.15, 0.2) is 0 Å². The van der Waals surface area contributed by atoms with E-state index in [4.69, 9.17) is 10.5 Å². The number of amidine groups is 1. The topological polar surface area (TPSA) is 47.6 Å². The predicted molar refractivity (Wildman–Crippen MR) is 51.4 cm³/mol. The van der Waals surface area contributed by atoms with Gasteiger partial charge >= 0.3 is 0 Å². The highest BCUT2D eigenvalue weighted by Crippen LogP contribution is 2.27. The normalized spacial score (nSPS) is 26.7. The maximum absolute atomic E-state index is 5.48. The number of nitrogens with two attached hydrogens (primary N) is 1. The lowest BCUT2D eigenvalue weighted by molar-refractivity contribution is 0.210. The lowest BCUT2D eigenvalue weighted by atomic mass is 10.0. The molecule has 1 aliphatic rings. The van der Waals surface area contributed by atoms with Crippen molar-refractivity contribution in [2.75, 3.05) is 0 Å². The summed E-state index contributed by atoms with van der Waals surface area (Å²) in [6, 6.07) is 10.4. The number of hydrogen-bond donors (Lipinski definition) is 1. The maximum Gasteiger partial charge on any atom is 0.283 e. The Morgan fingerprint density at radius 1 is 1.31 bits per heavy atom. The van der Waals surface area contributed by atoms with E-state index >= 15 is 0 Å². The van der Waals surface area contributed by atoms with Crippen molar-refractivity contribution in [2.24, 2.45) is 10.7 Å². The van der Waals surface area contributed by atoms with Gasteiger partial charge in [-0.2, -0.15) is 0 Å². The van der Waals surface area contributed by atoms with E-state index in [1.54, 1.807) is 0 Å². The molecule has 1 aromatic rings. The summed E-state index contributed by atoms with van der Waals surface area (Å²) in [6.45, 7) is 1.97. The Morgan fingerprint density at radius 3 is 2.54 bits per heavy atom. The molecule has 0 fully saturated rings. The summed E-state index contributed by atoms with van der Waals surface area (Å²) < 4.78 is 5.26. The van der Waals surface area contributed by atoms with Crippen LogP contribution in [0.5, 0.6) is 0 Å². The minimum atomic E-state index is 0.0439. The molecule has 68 valence electrons. The van der Waals surface area contributed by atoms with E-state index < -0.39 is 0 Å². The molecule has 1 aromatic carbocycles. The van der Waals surface area contributed by atoms with Gasteiger partial charge in [-0.1, -0.05) is 30.3 Å². The third-order valence-corrected chi connectivity index (χ3v) is 2.16. The van der Waals surface area contributed by atoms with E-state index in [0.717, 1.165) is 5.56 Å². The lowest BCUT2D eigenvalue weighted by Crippen LogP contribution is -2.16. The Labute approximate surface area is 77.2 Å². The zero-order chi connectivity index (χ0) is 9.26. The van der Waals surface area contributed by atoms with Gasteiger partial charge in [-0.05, 0) is 12.5 Å². The van der Waals surface area contributed by atoms with Crippen LogP contribution in [0.15, 0.2) is 35.3 Å². The molecular formula is C10H12N2O. The summed E-state index contributed by atoms with van der Waals surface area (Å²) in [5.74, 6) is 0. The average molecular weight is 176 g/mol. The number of hydrogen-bond acceptors (Lipinski definition) is 3. The first-order chi connectivity index (χ1) is 6.27. The Balaban J connectivity index is 2.27. The number of benzene rings is 1. The highest BCUT2D eigenvalue weighted by atomic mass is 16.5. The molecular weight excluding hydrogens is 164 g/mol. The van der Waals surface area contributed by atoms with Crippen molar-refractivity contribution < 1.29 is 4.74 Å². The van der Waals surface area contributed by atoms with E-state index in [1.165, 1.54) is 0 Å². The second kappa shape index (κ2) is 3.09. The van der Waals surface area contributed by atoms with Gasteiger partial charge in [0, 0.05) is 0 Å². The molecule has 1 aliphatic heterocycles. The molecule has 0 bridgehead atoms. The largest absolute Gasteiger partial charge is 0.460 e. The third kappa shape index (κ3) is 1.49. The zero-order valence-corrected chi connectivity index (χ0v) is 7.47. The van der Waals surface area contributed by atoms with Crippen LogP contribution in [-0.2, 0) is 4.74 Å². The quantitative estimate of drug-likeness (QED) is 0.704. The highest BCUT2D eigenvalue weighted by molar-refractivity contribution is 5.73. The first-order valence-corrected chi connectivity index (χ1v) is 4.32. The van der Waals surface area contributed by atoms with Crippen LogP contribution >= 0.6 is 0 Å². The summed E-state index contributed by atoms with van der Waals surface area (Å²) in [5, 5.41) is 0. The van der Waals surface area contributed by atoms with E-state index in [9.17, 15) is 0 Å². The average Bonchev–Trinajstić information content (AvgIpc) is 2.47. The predicted octanol–water partition coefficient (Wildman–Crippen LogP) is 1.46. The van der Waals surface area contributed by atoms with Crippen molar-refractivity contribution in [1.82, 2.24) is 0 Å². The maximum atomic E-state index is 5.48. The van der Waals surface area contributed by atoms with Crippen molar-refractivity contribution in [3.63, 3.8) is 0 Å². The fourth-order valence-electron chi connectivity index (χ4n) is 1.52. The lowest BCUT2D eigenvalue weighted by Gasteiger charge is -2.11. The van der Waals surface area contributed by atoms with Gasteiger partial charge in [-0.3, -0.25) is 0 Å². The van der Waals surface area contributed by atoms with Crippen molar-refractivity contribution >= 4 is 6.02 Å². The number of aliphatic imine (C=N–C) groups is 1. The van der Waals surface area contributed by atoms with Gasteiger partial charge in [0.25, 0.3) is 6.02 Å². The van der Waals surface area contributed by atoms with Crippen LogP contribution in [0.2, 0.25) is 0 Å². The van der Waals surface area contributed by atoms with Crippen LogP contribution in [0.4, 0.5) is 0 Å². The van der Waals surface area contributed by atoms with Crippen LogP contribution < -0.4 is 5.73 Å². The molecule has 2 atom stereocenters. The second-order valence-corrected chi connectivity index (χ2v) is 3.15. The molecule has 3 nitrogen and oxygen atoms in total. The van der Waals surface area contributed by atoms with Crippen LogP contribution in [0, 0.1) is 0 Å². The monoisotopic (exact) mass is 176 g/mol. The molecule has 0 unspecified atom stereocenters. The Kier molecular flexibility index (Phi) is 1.93. The van der Waals surface area contributed by atoms with Gasteiger partial charge in [0.2, 0.25) is 0 Å². The first-order valence-electron chi connectivity index (χ1n) is 4.32. The van der Waals surface area contributed by atoms with Gasteiger partial charge in [-0.15, -0.1) is 0 Å². The van der Waals surface area contributed by atoms with Crippen LogP contribution in [0.3, 0.4) is 0 Å². The summed E-state index contributed by atoms with van der Waals surface area (Å²) in [6.07, 6.45) is 0.0439. The summed E-state index contributed by atoms with van der Waals surface area (Å²) in [7, 11) is 0. The molecule has 0 spiro atoms. The SMILES string of the molecule is C[C@@H]1OC(N)=N[C@@H]1c1ccccc1. The standard InChI is InChI=1S/C10H12N2O/c1-7-9(12-10(11)13-7)8-5-3-2-4-6-8/h2-7,9H,1H3,(H2,11,12)/t7-,9-/m0/s1. The Hall–Kier alpha value is -1.51.